The molecule has 2 rings (SSSR count). The van der Waals surface area contributed by atoms with Crippen LogP contribution in [0.3, 0.4) is 0 Å². The van der Waals surface area contributed by atoms with Crippen molar-refractivity contribution < 1.29 is 19.4 Å². The van der Waals surface area contributed by atoms with Crippen LogP contribution in [0, 0.1) is 0 Å². The van der Waals surface area contributed by atoms with Crippen LogP contribution < -0.4 is 5.32 Å². The molecule has 0 heterocycles. The Labute approximate surface area is 147 Å². The largest absolute Gasteiger partial charge is 0.452 e. The van der Waals surface area contributed by atoms with E-state index in [9.17, 15) is 9.59 Å². The standard InChI is InChI=1S/C20H23NO4/c1-20(2,3)16-8-10-17(11-9-16)21-18(23)13-25-19(24)15-6-4-14(12-22)5-7-15/h4-11,22H,12-13H2,1-3H3,(H,21,23). The van der Waals surface area contributed by atoms with Gasteiger partial charge in [0.15, 0.2) is 6.61 Å². The number of esters is 1. The molecule has 2 N–H and O–H groups in total. The lowest BCUT2D eigenvalue weighted by atomic mass is 9.87. The topological polar surface area (TPSA) is 75.6 Å². The van der Waals surface area contributed by atoms with Crippen molar-refractivity contribution >= 4 is 17.6 Å². The number of hydrogen-bond acceptors (Lipinski definition) is 4. The normalized spacial score (nSPS) is 11.0. The first-order chi connectivity index (χ1) is 11.8. The molecular formula is C20H23NO4. The van der Waals surface area contributed by atoms with Gasteiger partial charge in [-0.05, 0) is 40.8 Å². The Morgan fingerprint density at radius 3 is 2.12 bits per heavy atom. The summed E-state index contributed by atoms with van der Waals surface area (Å²) in [6.07, 6.45) is 0. The first-order valence-electron chi connectivity index (χ1n) is 8.07. The molecule has 0 atom stereocenters. The van der Waals surface area contributed by atoms with Crippen LogP contribution in [0.1, 0.15) is 42.3 Å². The number of amides is 1. The monoisotopic (exact) mass is 341 g/mol. The Bertz CT molecular complexity index is 728. The van der Waals surface area contributed by atoms with E-state index in [1.807, 2.05) is 24.3 Å². The number of aliphatic hydroxyl groups is 1. The van der Waals surface area contributed by atoms with Gasteiger partial charge in [0, 0.05) is 5.69 Å². The molecule has 0 aliphatic rings. The van der Waals surface area contributed by atoms with Crippen LogP contribution in [0.2, 0.25) is 0 Å². The first kappa shape index (κ1) is 18.7. The molecular weight excluding hydrogens is 318 g/mol. The molecule has 25 heavy (non-hydrogen) atoms. The summed E-state index contributed by atoms with van der Waals surface area (Å²) in [6, 6.07) is 13.9. The molecule has 0 aromatic heterocycles. The number of rotatable bonds is 5. The molecule has 0 bridgehead atoms. The highest BCUT2D eigenvalue weighted by Crippen LogP contribution is 2.23. The molecule has 5 heteroatoms. The molecule has 1 amide bonds. The van der Waals surface area contributed by atoms with E-state index in [0.717, 1.165) is 0 Å². The van der Waals surface area contributed by atoms with Crippen LogP contribution in [0.25, 0.3) is 0 Å². The van der Waals surface area contributed by atoms with E-state index >= 15 is 0 Å². The van der Waals surface area contributed by atoms with E-state index in [4.69, 9.17) is 9.84 Å². The van der Waals surface area contributed by atoms with Crippen molar-refractivity contribution in [1.29, 1.82) is 0 Å². The molecule has 2 aromatic rings. The van der Waals surface area contributed by atoms with Gasteiger partial charge < -0.3 is 15.2 Å². The molecule has 0 spiro atoms. The van der Waals surface area contributed by atoms with Crippen LogP contribution in [-0.4, -0.2) is 23.6 Å². The van der Waals surface area contributed by atoms with Crippen molar-refractivity contribution in [2.75, 3.05) is 11.9 Å². The summed E-state index contributed by atoms with van der Waals surface area (Å²) >= 11 is 0. The minimum Gasteiger partial charge on any atom is -0.452 e. The lowest BCUT2D eigenvalue weighted by Gasteiger charge is -2.19. The van der Waals surface area contributed by atoms with Crippen molar-refractivity contribution in [2.45, 2.75) is 32.8 Å². The van der Waals surface area contributed by atoms with Crippen LogP contribution in [-0.2, 0) is 21.6 Å². The van der Waals surface area contributed by atoms with E-state index < -0.39 is 11.9 Å². The number of benzene rings is 2. The highest BCUT2D eigenvalue weighted by Gasteiger charge is 2.14. The maximum Gasteiger partial charge on any atom is 0.338 e. The van der Waals surface area contributed by atoms with Crippen LogP contribution in [0.4, 0.5) is 5.69 Å². The smallest absolute Gasteiger partial charge is 0.338 e. The average Bonchev–Trinajstić information content (AvgIpc) is 2.59. The van der Waals surface area contributed by atoms with E-state index in [0.29, 0.717) is 16.8 Å². The predicted molar refractivity (Wildman–Crippen MR) is 96.4 cm³/mol. The predicted octanol–water partition coefficient (Wildman–Crippen LogP) is 3.27. The maximum absolute atomic E-state index is 11.9. The molecule has 0 saturated carbocycles. The van der Waals surface area contributed by atoms with Crippen LogP contribution in [0.15, 0.2) is 48.5 Å². The molecule has 0 aliphatic heterocycles. The molecule has 2 aromatic carbocycles. The van der Waals surface area contributed by atoms with E-state index in [1.165, 1.54) is 5.56 Å². The minimum absolute atomic E-state index is 0.0453. The third kappa shape index (κ3) is 5.43. The van der Waals surface area contributed by atoms with Crippen molar-refractivity contribution in [1.82, 2.24) is 0 Å². The summed E-state index contributed by atoms with van der Waals surface area (Å²) in [5.74, 6) is -0.980. The summed E-state index contributed by atoms with van der Waals surface area (Å²) in [5.41, 5.74) is 2.90. The van der Waals surface area contributed by atoms with Crippen LogP contribution in [0.5, 0.6) is 0 Å². The Balaban J connectivity index is 1.86. The number of carbonyl (C=O) groups excluding carboxylic acids is 2. The molecule has 5 nitrogen and oxygen atoms in total. The summed E-state index contributed by atoms with van der Waals surface area (Å²) in [6.45, 7) is 5.90. The summed E-state index contributed by atoms with van der Waals surface area (Å²) < 4.78 is 5.00. The molecule has 0 radical (unpaired) electrons. The number of aliphatic hydroxyl groups excluding tert-OH is 1. The highest BCUT2D eigenvalue weighted by atomic mass is 16.5. The van der Waals surface area contributed by atoms with Gasteiger partial charge in [-0.15, -0.1) is 0 Å². The van der Waals surface area contributed by atoms with Crippen molar-refractivity contribution in [3.8, 4) is 0 Å². The number of nitrogens with one attached hydrogen (secondary N) is 1. The Morgan fingerprint density at radius 2 is 1.60 bits per heavy atom. The fraction of sp³-hybridized carbons (Fsp3) is 0.300. The second kappa shape index (κ2) is 7.94. The van der Waals surface area contributed by atoms with Gasteiger partial charge in [-0.25, -0.2) is 4.79 Å². The van der Waals surface area contributed by atoms with Gasteiger partial charge in [0.05, 0.1) is 12.2 Å². The third-order valence-corrected chi connectivity index (χ3v) is 3.74. The van der Waals surface area contributed by atoms with Crippen molar-refractivity contribution in [3.63, 3.8) is 0 Å². The highest BCUT2D eigenvalue weighted by molar-refractivity contribution is 5.95. The second-order valence-electron chi connectivity index (χ2n) is 6.81. The van der Waals surface area contributed by atoms with E-state index in [-0.39, 0.29) is 18.6 Å². The zero-order valence-electron chi connectivity index (χ0n) is 14.7. The lowest BCUT2D eigenvalue weighted by Crippen LogP contribution is -2.21. The first-order valence-corrected chi connectivity index (χ1v) is 8.07. The molecule has 0 aliphatic carbocycles. The van der Waals surface area contributed by atoms with Gasteiger partial charge >= 0.3 is 5.97 Å². The summed E-state index contributed by atoms with van der Waals surface area (Å²) in [4.78, 5) is 23.8. The summed E-state index contributed by atoms with van der Waals surface area (Å²) in [5, 5.41) is 11.7. The average molecular weight is 341 g/mol. The van der Waals surface area contributed by atoms with Gasteiger partial charge in [-0.3, -0.25) is 4.79 Å². The van der Waals surface area contributed by atoms with Gasteiger partial charge in [0.2, 0.25) is 0 Å². The fourth-order valence-electron chi connectivity index (χ4n) is 2.21. The van der Waals surface area contributed by atoms with E-state index in [1.54, 1.807) is 24.3 Å². The quantitative estimate of drug-likeness (QED) is 0.819. The van der Waals surface area contributed by atoms with Crippen molar-refractivity contribution in [3.05, 3.63) is 65.2 Å². The van der Waals surface area contributed by atoms with Gasteiger partial charge in [-0.2, -0.15) is 0 Å². The Hall–Kier alpha value is -2.66. The van der Waals surface area contributed by atoms with Crippen molar-refractivity contribution in [2.24, 2.45) is 0 Å². The van der Waals surface area contributed by atoms with Gasteiger partial charge in [0.1, 0.15) is 0 Å². The zero-order chi connectivity index (χ0) is 18.4. The fourth-order valence-corrected chi connectivity index (χ4v) is 2.21. The number of hydrogen-bond donors (Lipinski definition) is 2. The van der Waals surface area contributed by atoms with E-state index in [2.05, 4.69) is 26.1 Å². The zero-order valence-corrected chi connectivity index (χ0v) is 14.7. The van der Waals surface area contributed by atoms with Gasteiger partial charge in [-0.1, -0.05) is 45.0 Å². The number of ether oxygens (including phenoxy) is 1. The third-order valence-electron chi connectivity index (χ3n) is 3.74. The molecule has 0 fully saturated rings. The van der Waals surface area contributed by atoms with Gasteiger partial charge in [0.25, 0.3) is 5.91 Å². The number of anilines is 1. The molecule has 0 saturated heterocycles. The molecule has 132 valence electrons. The Morgan fingerprint density at radius 1 is 1.00 bits per heavy atom. The summed E-state index contributed by atoms with van der Waals surface area (Å²) in [7, 11) is 0. The Kier molecular flexibility index (Phi) is 5.93. The SMILES string of the molecule is CC(C)(C)c1ccc(NC(=O)COC(=O)c2ccc(CO)cc2)cc1. The number of carbonyl (C=O) groups is 2. The van der Waals surface area contributed by atoms with Crippen LogP contribution >= 0.6 is 0 Å². The second-order valence-corrected chi connectivity index (χ2v) is 6.81. The maximum atomic E-state index is 11.9. The lowest BCUT2D eigenvalue weighted by molar-refractivity contribution is -0.119. The minimum atomic E-state index is -0.581. The molecule has 0 unspecified atom stereocenters.